The molecule has 34 heavy (non-hydrogen) atoms. The third-order valence-electron chi connectivity index (χ3n) is 5.19. The van der Waals surface area contributed by atoms with Crippen LogP contribution in [0.5, 0.6) is 5.75 Å². The zero-order valence-electron chi connectivity index (χ0n) is 19.2. The number of imidazole rings is 1. The highest BCUT2D eigenvalue weighted by atomic mass is 16.5. The summed E-state index contributed by atoms with van der Waals surface area (Å²) in [5.74, 6) is 0.525. The number of carbonyl (C=O) groups excluding carboxylic acids is 2. The number of amidine groups is 1. The highest BCUT2D eigenvalue weighted by Gasteiger charge is 2.26. The molecule has 9 heteroatoms. The number of fused-ring (bicyclic) bond motifs is 1. The maximum Gasteiger partial charge on any atom is 0.343 e. The molecule has 4 rings (SSSR count). The average Bonchev–Trinajstić information content (AvgIpc) is 3.17. The lowest BCUT2D eigenvalue weighted by Crippen LogP contribution is -2.35. The Morgan fingerprint density at radius 1 is 1.12 bits per heavy atom. The predicted octanol–water partition coefficient (Wildman–Crippen LogP) is 3.72. The number of anilines is 1. The molecule has 0 aliphatic carbocycles. The van der Waals surface area contributed by atoms with Crippen molar-refractivity contribution in [2.45, 2.75) is 20.5 Å². The van der Waals surface area contributed by atoms with Crippen LogP contribution in [0.2, 0.25) is 0 Å². The monoisotopic (exact) mass is 459 g/mol. The summed E-state index contributed by atoms with van der Waals surface area (Å²) in [7, 11) is 1.89. The average molecular weight is 460 g/mol. The van der Waals surface area contributed by atoms with E-state index in [-0.39, 0.29) is 18.0 Å². The van der Waals surface area contributed by atoms with Crippen molar-refractivity contribution in [2.24, 2.45) is 12.0 Å². The molecule has 0 spiro atoms. The van der Waals surface area contributed by atoms with Gasteiger partial charge in [0, 0.05) is 30.7 Å². The summed E-state index contributed by atoms with van der Waals surface area (Å²) < 4.78 is 12.8. The van der Waals surface area contributed by atoms with Crippen LogP contribution >= 0.6 is 0 Å². The Labute approximate surface area is 197 Å². The Kier molecular flexibility index (Phi) is 6.72. The van der Waals surface area contributed by atoms with E-state index in [0.717, 1.165) is 11.5 Å². The number of aliphatic imine (C=N–C) groups is 1. The van der Waals surface area contributed by atoms with Gasteiger partial charge in [-0.25, -0.2) is 14.8 Å². The number of nitrogens with one attached hydrogen (secondary N) is 2. The fourth-order valence-corrected chi connectivity index (χ4v) is 3.40. The summed E-state index contributed by atoms with van der Waals surface area (Å²) >= 11 is 0. The van der Waals surface area contributed by atoms with Gasteiger partial charge in [0.2, 0.25) is 0 Å². The van der Waals surface area contributed by atoms with Gasteiger partial charge >= 0.3 is 5.97 Å². The zero-order chi connectivity index (χ0) is 24.1. The first-order valence-electron chi connectivity index (χ1n) is 10.8. The highest BCUT2D eigenvalue weighted by molar-refractivity contribution is 6.25. The Bertz CT molecular complexity index is 1270. The van der Waals surface area contributed by atoms with E-state index in [1.807, 2.05) is 36.0 Å². The quantitative estimate of drug-likeness (QED) is 0.544. The first kappa shape index (κ1) is 22.8. The molecule has 2 heterocycles. The standard InChI is InChI=1S/C25H25N5O4/c1-4-33-25(32)22-16(2)27-19-7-5-6-8-20(19)28-23(22)29-24(31)17-9-11-18(12-10-17)34-15-21-26-13-14-30(21)3/h5-14,27H,4,15H2,1-3H3,(H,28,29,31). The van der Waals surface area contributed by atoms with Gasteiger partial charge in [0.1, 0.15) is 29.6 Å². The molecule has 1 aliphatic heterocycles. The van der Waals surface area contributed by atoms with Crippen molar-refractivity contribution in [3.63, 3.8) is 0 Å². The summed E-state index contributed by atoms with van der Waals surface area (Å²) in [4.78, 5) is 34.5. The van der Waals surface area contributed by atoms with Crippen molar-refractivity contribution in [3.8, 4) is 5.75 Å². The van der Waals surface area contributed by atoms with E-state index in [9.17, 15) is 9.59 Å². The van der Waals surface area contributed by atoms with Crippen LogP contribution in [0.15, 0.2) is 77.2 Å². The Hall–Kier alpha value is -4.40. The predicted molar refractivity (Wildman–Crippen MR) is 128 cm³/mol. The number of rotatable bonds is 6. The smallest absolute Gasteiger partial charge is 0.343 e. The third kappa shape index (κ3) is 4.98. The summed E-state index contributed by atoms with van der Waals surface area (Å²) in [5, 5.41) is 5.96. The van der Waals surface area contributed by atoms with Crippen LogP contribution in [-0.4, -0.2) is 33.9 Å². The Morgan fingerprint density at radius 2 is 1.88 bits per heavy atom. The molecule has 1 aliphatic rings. The Balaban J connectivity index is 1.54. The van der Waals surface area contributed by atoms with Crippen molar-refractivity contribution in [3.05, 3.63) is 83.6 Å². The molecule has 3 aromatic rings. The number of ether oxygens (including phenoxy) is 2. The van der Waals surface area contributed by atoms with Gasteiger partial charge in [-0.2, -0.15) is 0 Å². The van der Waals surface area contributed by atoms with Crippen LogP contribution in [0.3, 0.4) is 0 Å². The molecule has 2 aromatic carbocycles. The SMILES string of the molecule is CCOC(=O)C1=C(C)Nc2ccccc2N=C1NC(=O)c1ccc(OCc2nccn2C)cc1. The minimum atomic E-state index is -0.572. The largest absolute Gasteiger partial charge is 0.486 e. The lowest BCUT2D eigenvalue weighted by atomic mass is 10.1. The van der Waals surface area contributed by atoms with Gasteiger partial charge in [-0.1, -0.05) is 12.1 Å². The number of carbonyl (C=O) groups is 2. The molecule has 0 radical (unpaired) electrons. The number of para-hydroxylation sites is 2. The highest BCUT2D eigenvalue weighted by Crippen LogP contribution is 2.30. The van der Waals surface area contributed by atoms with Gasteiger partial charge in [0.15, 0.2) is 0 Å². The number of aromatic nitrogens is 2. The van der Waals surface area contributed by atoms with Gasteiger partial charge in [0.25, 0.3) is 5.91 Å². The molecular weight excluding hydrogens is 434 g/mol. The number of esters is 1. The summed E-state index contributed by atoms with van der Waals surface area (Å²) in [6, 6.07) is 14.0. The molecule has 1 aromatic heterocycles. The molecular formula is C25H25N5O4. The lowest BCUT2D eigenvalue weighted by Gasteiger charge is -2.13. The number of benzene rings is 2. The van der Waals surface area contributed by atoms with Gasteiger partial charge in [-0.05, 0) is 50.2 Å². The van der Waals surface area contributed by atoms with Crippen LogP contribution in [-0.2, 0) is 23.2 Å². The third-order valence-corrected chi connectivity index (χ3v) is 5.19. The van der Waals surface area contributed by atoms with Crippen molar-refractivity contribution in [1.82, 2.24) is 14.9 Å². The number of aryl methyl sites for hydroxylation is 1. The molecule has 0 bridgehead atoms. The van der Waals surface area contributed by atoms with Crippen molar-refractivity contribution < 1.29 is 19.1 Å². The van der Waals surface area contributed by atoms with E-state index in [4.69, 9.17) is 9.47 Å². The number of amides is 1. The number of hydrogen-bond donors (Lipinski definition) is 2. The molecule has 9 nitrogen and oxygen atoms in total. The van der Waals surface area contributed by atoms with Crippen molar-refractivity contribution in [2.75, 3.05) is 11.9 Å². The maximum absolute atomic E-state index is 13.0. The topological polar surface area (TPSA) is 107 Å². The molecule has 0 unspecified atom stereocenters. The molecule has 0 saturated carbocycles. The Morgan fingerprint density at radius 3 is 2.59 bits per heavy atom. The normalized spacial score (nSPS) is 12.7. The van der Waals surface area contributed by atoms with Gasteiger partial charge in [0.05, 0.1) is 18.0 Å². The second-order valence-corrected chi connectivity index (χ2v) is 7.54. The minimum absolute atomic E-state index is 0.119. The first-order chi connectivity index (χ1) is 16.5. The number of hydrogen-bond acceptors (Lipinski definition) is 7. The fraction of sp³-hybridized carbons (Fsp3) is 0.200. The number of allylic oxidation sites excluding steroid dienone is 1. The van der Waals surface area contributed by atoms with E-state index >= 15 is 0 Å². The van der Waals surface area contributed by atoms with Crippen molar-refractivity contribution in [1.29, 1.82) is 0 Å². The summed E-state index contributed by atoms with van der Waals surface area (Å²) in [5.41, 5.74) is 2.40. The molecule has 0 saturated heterocycles. The van der Waals surface area contributed by atoms with E-state index in [0.29, 0.717) is 29.3 Å². The second kappa shape index (κ2) is 10.0. The lowest BCUT2D eigenvalue weighted by molar-refractivity contribution is -0.137. The minimum Gasteiger partial charge on any atom is -0.486 e. The maximum atomic E-state index is 13.0. The molecule has 174 valence electrons. The van der Waals surface area contributed by atoms with E-state index in [1.54, 1.807) is 50.4 Å². The zero-order valence-corrected chi connectivity index (χ0v) is 19.2. The molecule has 2 N–H and O–H groups in total. The summed E-state index contributed by atoms with van der Waals surface area (Å²) in [6.07, 6.45) is 3.55. The van der Waals surface area contributed by atoms with Crippen LogP contribution in [0.1, 0.15) is 30.0 Å². The molecule has 1 amide bonds. The van der Waals surface area contributed by atoms with Crippen LogP contribution in [0.25, 0.3) is 0 Å². The van der Waals surface area contributed by atoms with Crippen molar-refractivity contribution >= 4 is 29.1 Å². The van der Waals surface area contributed by atoms with E-state index in [1.165, 1.54) is 0 Å². The van der Waals surface area contributed by atoms with Gasteiger partial charge < -0.3 is 24.7 Å². The van der Waals surface area contributed by atoms with E-state index in [2.05, 4.69) is 20.6 Å². The number of nitrogens with zero attached hydrogens (tertiary/aromatic N) is 3. The van der Waals surface area contributed by atoms with Crippen LogP contribution in [0.4, 0.5) is 11.4 Å². The van der Waals surface area contributed by atoms with E-state index < -0.39 is 11.9 Å². The fourth-order valence-electron chi connectivity index (χ4n) is 3.40. The molecule has 0 atom stereocenters. The van der Waals surface area contributed by atoms with Gasteiger partial charge in [-0.15, -0.1) is 0 Å². The van der Waals surface area contributed by atoms with Gasteiger partial charge in [-0.3, -0.25) is 4.79 Å². The first-order valence-corrected chi connectivity index (χ1v) is 10.8. The van der Waals surface area contributed by atoms with Crippen LogP contribution < -0.4 is 15.4 Å². The molecule has 0 fully saturated rings. The van der Waals surface area contributed by atoms with Crippen LogP contribution in [0, 0.1) is 0 Å². The summed E-state index contributed by atoms with van der Waals surface area (Å²) in [6.45, 7) is 3.97. The second-order valence-electron chi connectivity index (χ2n) is 7.54.